The minimum Gasteiger partial charge on any atom is -0.340 e. The Hall–Kier alpha value is -1.68. The molecule has 0 radical (unpaired) electrons. The summed E-state index contributed by atoms with van der Waals surface area (Å²) in [5.41, 5.74) is 3.86. The predicted molar refractivity (Wildman–Crippen MR) is 70.2 cm³/mol. The van der Waals surface area contributed by atoms with Crippen LogP contribution in [0.25, 0.3) is 0 Å². The van der Waals surface area contributed by atoms with Crippen LogP contribution >= 0.6 is 0 Å². The van der Waals surface area contributed by atoms with Gasteiger partial charge in [-0.2, -0.15) is 4.98 Å². The molecule has 2 aromatic rings. The minimum atomic E-state index is 0.266. The van der Waals surface area contributed by atoms with Gasteiger partial charge in [0.2, 0.25) is 5.89 Å². The van der Waals surface area contributed by atoms with E-state index in [1.807, 2.05) is 0 Å². The van der Waals surface area contributed by atoms with E-state index in [4.69, 9.17) is 4.52 Å². The molecule has 96 valence electrons. The molecule has 0 bridgehead atoms. The lowest BCUT2D eigenvalue weighted by Gasteiger charge is -2.14. The topological polar surface area (TPSA) is 51.0 Å². The van der Waals surface area contributed by atoms with Gasteiger partial charge >= 0.3 is 0 Å². The van der Waals surface area contributed by atoms with Gasteiger partial charge in [0.15, 0.2) is 5.82 Å². The molecule has 4 nitrogen and oxygen atoms in total. The lowest BCUT2D eigenvalue weighted by Crippen LogP contribution is -2.19. The first-order valence-corrected chi connectivity index (χ1v) is 6.15. The summed E-state index contributed by atoms with van der Waals surface area (Å²) in [6.45, 7) is 8.79. The molecule has 4 heteroatoms. The second-order valence-corrected chi connectivity index (χ2v) is 4.75. The number of rotatable bonds is 4. The van der Waals surface area contributed by atoms with Gasteiger partial charge < -0.3 is 9.84 Å². The van der Waals surface area contributed by atoms with Gasteiger partial charge in [0.25, 0.3) is 0 Å². The van der Waals surface area contributed by atoms with Crippen molar-refractivity contribution in [3.05, 3.63) is 46.6 Å². The van der Waals surface area contributed by atoms with Gasteiger partial charge in [-0.1, -0.05) is 34.5 Å². The average Bonchev–Trinajstić information content (AvgIpc) is 2.70. The van der Waals surface area contributed by atoms with Crippen molar-refractivity contribution in [1.82, 2.24) is 15.5 Å². The van der Waals surface area contributed by atoms with Crippen LogP contribution in [0, 0.1) is 20.8 Å². The van der Waals surface area contributed by atoms with Gasteiger partial charge in [-0.25, -0.2) is 0 Å². The predicted octanol–water partition coefficient (Wildman–Crippen LogP) is 2.85. The largest absolute Gasteiger partial charge is 0.340 e. The third kappa shape index (κ3) is 3.17. The number of aryl methyl sites for hydroxylation is 3. The highest BCUT2D eigenvalue weighted by molar-refractivity contribution is 5.30. The molecule has 1 aromatic carbocycles. The van der Waals surface area contributed by atoms with Crippen LogP contribution in [0.5, 0.6) is 0 Å². The van der Waals surface area contributed by atoms with Crippen LogP contribution in [0.4, 0.5) is 0 Å². The molecule has 0 saturated carbocycles. The lowest BCUT2D eigenvalue weighted by molar-refractivity contribution is 0.384. The van der Waals surface area contributed by atoms with Crippen molar-refractivity contribution in [3.63, 3.8) is 0 Å². The monoisotopic (exact) mass is 245 g/mol. The second-order valence-electron chi connectivity index (χ2n) is 4.75. The Morgan fingerprint density at radius 3 is 2.39 bits per heavy atom. The van der Waals surface area contributed by atoms with Crippen LogP contribution in [-0.4, -0.2) is 10.1 Å². The van der Waals surface area contributed by atoms with Gasteiger partial charge in [-0.15, -0.1) is 0 Å². The quantitative estimate of drug-likeness (QED) is 0.900. The van der Waals surface area contributed by atoms with Crippen LogP contribution in [0.15, 0.2) is 22.7 Å². The lowest BCUT2D eigenvalue weighted by atomic mass is 10.0. The molecule has 0 fully saturated rings. The van der Waals surface area contributed by atoms with E-state index in [0.29, 0.717) is 18.3 Å². The summed E-state index contributed by atoms with van der Waals surface area (Å²) >= 11 is 0. The highest BCUT2D eigenvalue weighted by Gasteiger charge is 2.08. The first kappa shape index (κ1) is 12.8. The van der Waals surface area contributed by atoms with Crippen molar-refractivity contribution in [2.24, 2.45) is 0 Å². The maximum Gasteiger partial charge on any atom is 0.223 e. The molecule has 1 N–H and O–H groups in total. The Morgan fingerprint density at radius 2 is 1.83 bits per heavy atom. The van der Waals surface area contributed by atoms with E-state index in [2.05, 4.69) is 54.4 Å². The van der Waals surface area contributed by atoms with E-state index in [9.17, 15) is 0 Å². The molecule has 2 rings (SSSR count). The number of hydrogen-bond donors (Lipinski definition) is 1. The van der Waals surface area contributed by atoms with E-state index in [-0.39, 0.29) is 6.04 Å². The van der Waals surface area contributed by atoms with Crippen LogP contribution in [0.1, 0.15) is 41.4 Å². The van der Waals surface area contributed by atoms with Gasteiger partial charge in [0.1, 0.15) is 0 Å². The number of benzene rings is 1. The molecular weight excluding hydrogens is 226 g/mol. The molecule has 18 heavy (non-hydrogen) atoms. The van der Waals surface area contributed by atoms with E-state index >= 15 is 0 Å². The third-order valence-corrected chi connectivity index (χ3v) is 2.88. The fourth-order valence-corrected chi connectivity index (χ4v) is 2.04. The number of hydrogen-bond acceptors (Lipinski definition) is 4. The van der Waals surface area contributed by atoms with Crippen molar-refractivity contribution >= 4 is 0 Å². The number of nitrogens with zero attached hydrogens (tertiary/aromatic N) is 2. The fraction of sp³-hybridized carbons (Fsp3) is 0.429. The van der Waals surface area contributed by atoms with Crippen LogP contribution in [0.3, 0.4) is 0 Å². The molecule has 0 amide bonds. The SMILES string of the molecule is Cc1cc(C)cc(C(C)NCc2noc(C)n2)c1. The van der Waals surface area contributed by atoms with E-state index in [1.165, 1.54) is 16.7 Å². The Bertz CT molecular complexity index is 513. The molecule has 0 aliphatic rings. The zero-order chi connectivity index (χ0) is 13.1. The summed E-state index contributed by atoms with van der Waals surface area (Å²) in [5, 5.41) is 7.27. The average molecular weight is 245 g/mol. The Balaban J connectivity index is 2.01. The van der Waals surface area contributed by atoms with Gasteiger partial charge in [0.05, 0.1) is 6.54 Å². The molecule has 1 atom stereocenters. The second kappa shape index (κ2) is 5.31. The fourth-order valence-electron chi connectivity index (χ4n) is 2.04. The highest BCUT2D eigenvalue weighted by Crippen LogP contribution is 2.16. The van der Waals surface area contributed by atoms with Crippen LogP contribution in [-0.2, 0) is 6.54 Å². The normalized spacial score (nSPS) is 12.7. The molecule has 0 aliphatic heterocycles. The van der Waals surface area contributed by atoms with Crippen molar-refractivity contribution < 1.29 is 4.52 Å². The number of aromatic nitrogens is 2. The molecule has 1 unspecified atom stereocenters. The summed E-state index contributed by atoms with van der Waals surface area (Å²) < 4.78 is 4.94. The van der Waals surface area contributed by atoms with Crippen LogP contribution < -0.4 is 5.32 Å². The summed E-state index contributed by atoms with van der Waals surface area (Å²) in [5.74, 6) is 1.30. The summed E-state index contributed by atoms with van der Waals surface area (Å²) in [6.07, 6.45) is 0. The molecular formula is C14H19N3O. The Morgan fingerprint density at radius 1 is 1.17 bits per heavy atom. The van der Waals surface area contributed by atoms with E-state index in [0.717, 1.165) is 0 Å². The zero-order valence-electron chi connectivity index (χ0n) is 11.3. The first-order valence-electron chi connectivity index (χ1n) is 6.15. The highest BCUT2D eigenvalue weighted by atomic mass is 16.5. The van der Waals surface area contributed by atoms with Crippen molar-refractivity contribution in [2.75, 3.05) is 0 Å². The van der Waals surface area contributed by atoms with Gasteiger partial charge in [-0.05, 0) is 26.3 Å². The summed E-state index contributed by atoms with van der Waals surface area (Å²) in [7, 11) is 0. The van der Waals surface area contributed by atoms with Crippen molar-refractivity contribution in [3.8, 4) is 0 Å². The van der Waals surface area contributed by atoms with Gasteiger partial charge in [-0.3, -0.25) is 0 Å². The zero-order valence-corrected chi connectivity index (χ0v) is 11.3. The third-order valence-electron chi connectivity index (χ3n) is 2.88. The maximum atomic E-state index is 4.94. The van der Waals surface area contributed by atoms with Gasteiger partial charge in [0, 0.05) is 13.0 Å². The summed E-state index contributed by atoms with van der Waals surface area (Å²) in [6, 6.07) is 6.85. The van der Waals surface area contributed by atoms with Crippen molar-refractivity contribution in [1.29, 1.82) is 0 Å². The number of nitrogens with one attached hydrogen (secondary N) is 1. The summed E-state index contributed by atoms with van der Waals surface area (Å²) in [4.78, 5) is 4.17. The van der Waals surface area contributed by atoms with Crippen LogP contribution in [0.2, 0.25) is 0 Å². The minimum absolute atomic E-state index is 0.266. The Labute approximate surface area is 107 Å². The Kier molecular flexibility index (Phi) is 3.77. The van der Waals surface area contributed by atoms with E-state index in [1.54, 1.807) is 6.92 Å². The standard InChI is InChI=1S/C14H19N3O/c1-9-5-10(2)7-13(6-9)11(3)15-8-14-16-12(4)18-17-14/h5-7,11,15H,8H2,1-4H3. The molecule has 0 aliphatic carbocycles. The molecule has 0 saturated heterocycles. The van der Waals surface area contributed by atoms with Crippen molar-refractivity contribution in [2.45, 2.75) is 40.3 Å². The molecule has 1 heterocycles. The first-order chi connectivity index (χ1) is 8.54. The molecule has 1 aromatic heterocycles. The molecule has 0 spiro atoms. The smallest absolute Gasteiger partial charge is 0.223 e. The van der Waals surface area contributed by atoms with E-state index < -0.39 is 0 Å². The maximum absolute atomic E-state index is 4.94.